The van der Waals surface area contributed by atoms with Crippen LogP contribution in [0.2, 0.25) is 0 Å². The van der Waals surface area contributed by atoms with E-state index in [1.54, 1.807) is 33.0 Å². The van der Waals surface area contributed by atoms with Gasteiger partial charge in [-0.05, 0) is 83.1 Å². The Balaban J connectivity index is 0.00000294. The van der Waals surface area contributed by atoms with Crippen LogP contribution in [0.4, 0.5) is 16.3 Å². The summed E-state index contributed by atoms with van der Waals surface area (Å²) in [5, 5.41) is 5.75. The summed E-state index contributed by atoms with van der Waals surface area (Å²) >= 11 is 0. The summed E-state index contributed by atoms with van der Waals surface area (Å²) in [4.78, 5) is 50.0. The molecule has 0 radical (unpaired) electrons. The number of H-pyrrole nitrogens is 1. The number of halogens is 1. The van der Waals surface area contributed by atoms with E-state index in [0.717, 1.165) is 36.0 Å². The maximum absolute atomic E-state index is 13.3. The molecule has 10 heteroatoms. The first-order valence-electron chi connectivity index (χ1n) is 12.9. The van der Waals surface area contributed by atoms with E-state index in [-0.39, 0.29) is 30.2 Å². The van der Waals surface area contributed by atoms with Gasteiger partial charge in [-0.2, -0.15) is 0 Å². The van der Waals surface area contributed by atoms with E-state index >= 15 is 0 Å². The number of nitrogens with one attached hydrogen (secondary N) is 3. The van der Waals surface area contributed by atoms with Crippen molar-refractivity contribution in [1.29, 1.82) is 0 Å². The SMILES string of the molecule is CC(C)(C)OC(=O)Nc1cc2nc(-c3ccc(NC(=O)C45CC6C[C@H](C4)C(=O)[C@@H](C6)C5)cc3)[nH]c2cn1.Cl. The molecule has 0 aliphatic heterocycles. The Bertz CT molecular complexity index is 1390. The van der Waals surface area contributed by atoms with Gasteiger partial charge in [-0.25, -0.2) is 14.8 Å². The first kappa shape index (κ1) is 26.2. The smallest absolute Gasteiger partial charge is 0.413 e. The standard InChI is InChI=1S/C28H31N5O4.ClH/c1-27(2,3)37-26(36)33-22-10-20-21(14-29-22)32-24(31-20)16-4-6-19(7-5-16)30-25(35)28-11-15-8-17(12-28)23(34)18(9-15)13-28;/h4-7,10,14-15,17-18H,8-9,11-13H2,1-3H3,(H,30,35)(H,31,32)(H,29,33,36);1H/t15?,17-,18+,28?;. The summed E-state index contributed by atoms with van der Waals surface area (Å²) in [5.74, 6) is 2.09. The third kappa shape index (κ3) is 4.87. The van der Waals surface area contributed by atoms with Crippen LogP contribution < -0.4 is 10.6 Å². The molecular formula is C28H32ClN5O4. The zero-order valence-electron chi connectivity index (χ0n) is 21.7. The fourth-order valence-corrected chi connectivity index (χ4v) is 6.52. The largest absolute Gasteiger partial charge is 0.444 e. The maximum Gasteiger partial charge on any atom is 0.413 e. The molecule has 4 aliphatic carbocycles. The van der Waals surface area contributed by atoms with E-state index in [1.165, 1.54) is 0 Å². The number of hydrogen-bond donors (Lipinski definition) is 3. The van der Waals surface area contributed by atoms with Crippen molar-refractivity contribution in [3.8, 4) is 11.4 Å². The highest BCUT2D eigenvalue weighted by Crippen LogP contribution is 2.58. The highest BCUT2D eigenvalue weighted by Gasteiger charge is 2.58. The maximum atomic E-state index is 13.3. The molecule has 3 N–H and O–H groups in total. The van der Waals surface area contributed by atoms with Gasteiger partial charge in [-0.15, -0.1) is 12.4 Å². The average molecular weight is 538 g/mol. The molecule has 0 saturated heterocycles. The molecule has 4 fully saturated rings. The van der Waals surface area contributed by atoms with Gasteiger partial charge in [-0.3, -0.25) is 14.9 Å². The summed E-state index contributed by atoms with van der Waals surface area (Å²) in [6.07, 6.45) is 5.25. The number of pyridine rings is 1. The monoisotopic (exact) mass is 537 g/mol. The number of carbonyl (C=O) groups is 3. The highest BCUT2D eigenvalue weighted by atomic mass is 35.5. The van der Waals surface area contributed by atoms with Crippen molar-refractivity contribution in [2.24, 2.45) is 23.2 Å². The second-order valence-electron chi connectivity index (χ2n) is 11.9. The van der Waals surface area contributed by atoms with Gasteiger partial charge >= 0.3 is 6.09 Å². The number of aromatic amines is 1. The van der Waals surface area contributed by atoms with Gasteiger partial charge in [0.05, 0.1) is 22.6 Å². The van der Waals surface area contributed by atoms with Crippen LogP contribution in [0.5, 0.6) is 0 Å². The van der Waals surface area contributed by atoms with Crippen LogP contribution in [0.1, 0.15) is 52.9 Å². The van der Waals surface area contributed by atoms with Gasteiger partial charge in [0.25, 0.3) is 0 Å². The van der Waals surface area contributed by atoms with Gasteiger partial charge in [0.2, 0.25) is 5.91 Å². The fourth-order valence-electron chi connectivity index (χ4n) is 6.52. The Labute approximate surface area is 226 Å². The minimum Gasteiger partial charge on any atom is -0.444 e. The Kier molecular flexibility index (Phi) is 6.46. The van der Waals surface area contributed by atoms with Gasteiger partial charge in [-0.1, -0.05) is 0 Å². The van der Waals surface area contributed by atoms with E-state index in [1.807, 2.05) is 24.3 Å². The molecule has 1 aromatic carbocycles. The molecule has 4 saturated carbocycles. The molecule has 9 nitrogen and oxygen atoms in total. The molecule has 3 aromatic rings. The van der Waals surface area contributed by atoms with Crippen molar-refractivity contribution in [3.63, 3.8) is 0 Å². The summed E-state index contributed by atoms with van der Waals surface area (Å²) in [6, 6.07) is 9.25. The van der Waals surface area contributed by atoms with E-state index in [2.05, 4.69) is 25.6 Å². The van der Waals surface area contributed by atoms with Gasteiger partial charge in [0.1, 0.15) is 23.0 Å². The van der Waals surface area contributed by atoms with Crippen LogP contribution in [0, 0.1) is 23.2 Å². The number of fused-ring (bicyclic) bond motifs is 1. The van der Waals surface area contributed by atoms with Crippen molar-refractivity contribution >= 4 is 52.7 Å². The van der Waals surface area contributed by atoms with Gasteiger partial charge < -0.3 is 15.0 Å². The third-order valence-electron chi connectivity index (χ3n) is 7.89. The molecule has 38 heavy (non-hydrogen) atoms. The number of aromatic nitrogens is 3. The highest BCUT2D eigenvalue weighted by molar-refractivity contribution is 5.98. The normalized spacial score (nSPS) is 25.7. The Hall–Kier alpha value is -3.46. The number of carbonyl (C=O) groups excluding carboxylic acids is 3. The van der Waals surface area contributed by atoms with E-state index in [9.17, 15) is 14.4 Å². The van der Waals surface area contributed by atoms with E-state index in [4.69, 9.17) is 4.74 Å². The molecule has 7 rings (SSSR count). The molecule has 0 spiro atoms. The molecule has 2 heterocycles. The number of hydrogen-bond acceptors (Lipinski definition) is 6. The number of rotatable bonds is 4. The summed E-state index contributed by atoms with van der Waals surface area (Å²) in [7, 11) is 0. The third-order valence-corrected chi connectivity index (χ3v) is 7.89. The predicted octanol–water partition coefficient (Wildman–Crippen LogP) is 5.73. The molecule has 2 unspecified atom stereocenters. The predicted molar refractivity (Wildman–Crippen MR) is 146 cm³/mol. The topological polar surface area (TPSA) is 126 Å². The molecule has 4 aliphatic rings. The lowest BCUT2D eigenvalue weighted by molar-refractivity contribution is -0.154. The first-order chi connectivity index (χ1) is 17.6. The molecule has 200 valence electrons. The fraction of sp³-hybridized carbons (Fsp3) is 0.464. The number of ether oxygens (including phenoxy) is 1. The van der Waals surface area contributed by atoms with Crippen LogP contribution in [0.25, 0.3) is 22.4 Å². The van der Waals surface area contributed by atoms with E-state index < -0.39 is 17.1 Å². The zero-order valence-corrected chi connectivity index (χ0v) is 22.5. The summed E-state index contributed by atoms with van der Waals surface area (Å²) < 4.78 is 5.28. The van der Waals surface area contributed by atoms with Crippen LogP contribution in [0.15, 0.2) is 36.5 Å². The minimum atomic E-state index is -0.604. The van der Waals surface area contributed by atoms with Crippen molar-refractivity contribution < 1.29 is 19.1 Å². The van der Waals surface area contributed by atoms with Crippen LogP contribution >= 0.6 is 12.4 Å². The number of amides is 2. The average Bonchev–Trinajstić information content (AvgIpc) is 3.24. The van der Waals surface area contributed by atoms with Gasteiger partial charge in [0.15, 0.2) is 0 Å². The Morgan fingerprint density at radius 3 is 2.39 bits per heavy atom. The second-order valence-corrected chi connectivity index (χ2v) is 11.9. The van der Waals surface area contributed by atoms with Crippen molar-refractivity contribution in [3.05, 3.63) is 36.5 Å². The number of anilines is 2. The number of ketones is 1. The van der Waals surface area contributed by atoms with Crippen molar-refractivity contribution in [1.82, 2.24) is 15.0 Å². The lowest BCUT2D eigenvalue weighted by Crippen LogP contribution is -2.55. The first-order valence-corrected chi connectivity index (χ1v) is 12.9. The van der Waals surface area contributed by atoms with Gasteiger partial charge in [0, 0.05) is 29.2 Å². The number of Topliss-reactive ketones (excluding diaryl/α,β-unsaturated/α-hetero) is 1. The number of nitrogens with zero attached hydrogens (tertiary/aromatic N) is 2. The lowest BCUT2D eigenvalue weighted by Gasteiger charge is -2.54. The van der Waals surface area contributed by atoms with Crippen molar-refractivity contribution in [2.75, 3.05) is 10.6 Å². The second kappa shape index (κ2) is 9.38. The quantitative estimate of drug-likeness (QED) is 0.390. The molecule has 2 amide bonds. The van der Waals surface area contributed by atoms with E-state index in [0.29, 0.717) is 41.7 Å². The number of imidazole rings is 1. The molecule has 4 bridgehead atoms. The van der Waals surface area contributed by atoms with Crippen LogP contribution in [-0.2, 0) is 14.3 Å². The minimum absolute atomic E-state index is 0. The number of benzene rings is 1. The summed E-state index contributed by atoms with van der Waals surface area (Å²) in [6.45, 7) is 5.39. The lowest BCUT2D eigenvalue weighted by atomic mass is 9.49. The zero-order chi connectivity index (χ0) is 25.9. The molecule has 4 atom stereocenters. The van der Waals surface area contributed by atoms with Crippen LogP contribution in [-0.4, -0.2) is 38.3 Å². The van der Waals surface area contributed by atoms with Crippen molar-refractivity contribution in [2.45, 2.75) is 58.5 Å². The molecule has 2 aromatic heterocycles. The molecular weight excluding hydrogens is 506 g/mol. The summed E-state index contributed by atoms with van der Waals surface area (Å²) in [5.41, 5.74) is 1.98. The Morgan fingerprint density at radius 2 is 1.74 bits per heavy atom. The Morgan fingerprint density at radius 1 is 1.05 bits per heavy atom. The van der Waals surface area contributed by atoms with Crippen LogP contribution in [0.3, 0.4) is 0 Å².